The highest BCUT2D eigenvalue weighted by atomic mass is 31.2. The Morgan fingerprint density at radius 2 is 1.69 bits per heavy atom. The summed E-state index contributed by atoms with van der Waals surface area (Å²) in [7, 11) is -4.14. The first-order valence-electron chi connectivity index (χ1n) is 4.38. The molecule has 2 N–H and O–H groups in total. The van der Waals surface area contributed by atoms with Crippen molar-refractivity contribution in [2.45, 2.75) is 45.7 Å². The van der Waals surface area contributed by atoms with E-state index in [1.165, 1.54) is 18.9 Å². The van der Waals surface area contributed by atoms with E-state index in [0.29, 0.717) is 0 Å². The van der Waals surface area contributed by atoms with E-state index in [1.807, 2.05) is 0 Å². The summed E-state index contributed by atoms with van der Waals surface area (Å²) in [6.45, 7) is 5.92. The van der Waals surface area contributed by atoms with Crippen LogP contribution < -0.4 is 0 Å². The van der Waals surface area contributed by atoms with E-state index in [1.54, 1.807) is 6.92 Å². The van der Waals surface area contributed by atoms with E-state index in [-0.39, 0.29) is 6.42 Å². The zero-order valence-electron chi connectivity index (χ0n) is 8.40. The van der Waals surface area contributed by atoms with Crippen molar-refractivity contribution in [1.82, 2.24) is 0 Å². The molecular formula is C8H18NO3P. The van der Waals surface area contributed by atoms with Gasteiger partial charge in [0.05, 0.1) is 6.07 Å². The summed E-state index contributed by atoms with van der Waals surface area (Å²) >= 11 is 0. The van der Waals surface area contributed by atoms with Gasteiger partial charge in [0.1, 0.15) is 5.66 Å². The van der Waals surface area contributed by atoms with Crippen LogP contribution in [-0.2, 0) is 4.57 Å². The van der Waals surface area contributed by atoms with Crippen LogP contribution >= 0.6 is 7.60 Å². The Hall–Kier alpha value is -0.360. The van der Waals surface area contributed by atoms with Crippen LogP contribution in [0.3, 0.4) is 0 Å². The smallest absolute Gasteiger partial charge is 0.324 e. The van der Waals surface area contributed by atoms with Gasteiger partial charge >= 0.3 is 7.60 Å². The maximum absolute atomic E-state index is 10.3. The van der Waals surface area contributed by atoms with Gasteiger partial charge in [0.15, 0.2) is 0 Å². The van der Waals surface area contributed by atoms with Gasteiger partial charge in [-0.3, -0.25) is 4.57 Å². The lowest BCUT2D eigenvalue weighted by Crippen LogP contribution is -2.02. The number of rotatable bonds is 3. The lowest BCUT2D eigenvalue weighted by molar-refractivity contribution is 0.364. The minimum absolute atomic E-state index is 0.195. The fourth-order valence-corrected chi connectivity index (χ4v) is 1.03. The van der Waals surface area contributed by atoms with Crippen LogP contribution in [0.25, 0.3) is 0 Å². The third kappa shape index (κ3) is 9.55. The van der Waals surface area contributed by atoms with Gasteiger partial charge in [0, 0.05) is 0 Å². The summed E-state index contributed by atoms with van der Waals surface area (Å²) in [6.07, 6.45) is 2.83. The fourth-order valence-electron chi connectivity index (χ4n) is 0.404. The second-order valence-electron chi connectivity index (χ2n) is 2.64. The number of hydrogen-bond acceptors (Lipinski definition) is 2. The SMILES string of the molecule is CCC(C#N)P(=O)(O)O.CCCC. The lowest BCUT2D eigenvalue weighted by atomic mass is 10.4. The van der Waals surface area contributed by atoms with Crippen molar-refractivity contribution in [3.8, 4) is 6.07 Å². The van der Waals surface area contributed by atoms with Crippen LogP contribution in [0.15, 0.2) is 0 Å². The highest BCUT2D eigenvalue weighted by Crippen LogP contribution is 2.42. The van der Waals surface area contributed by atoms with E-state index in [9.17, 15) is 4.57 Å². The van der Waals surface area contributed by atoms with Gasteiger partial charge in [-0.05, 0) is 6.42 Å². The predicted molar refractivity (Wildman–Crippen MR) is 52.3 cm³/mol. The molecule has 0 aromatic carbocycles. The van der Waals surface area contributed by atoms with E-state index >= 15 is 0 Å². The molecule has 0 saturated carbocycles. The maximum atomic E-state index is 10.3. The Balaban J connectivity index is 0. The molecule has 0 aromatic heterocycles. The second kappa shape index (κ2) is 8.25. The van der Waals surface area contributed by atoms with Gasteiger partial charge in [-0.25, -0.2) is 0 Å². The van der Waals surface area contributed by atoms with Crippen molar-refractivity contribution in [2.24, 2.45) is 0 Å². The lowest BCUT2D eigenvalue weighted by Gasteiger charge is -2.05. The molecule has 1 unspecified atom stereocenters. The highest BCUT2D eigenvalue weighted by Gasteiger charge is 2.25. The summed E-state index contributed by atoms with van der Waals surface area (Å²) in [4.78, 5) is 16.7. The van der Waals surface area contributed by atoms with E-state index < -0.39 is 13.3 Å². The molecule has 4 nitrogen and oxygen atoms in total. The van der Waals surface area contributed by atoms with E-state index in [2.05, 4.69) is 13.8 Å². The molecule has 78 valence electrons. The maximum Gasteiger partial charge on any atom is 0.342 e. The Kier molecular flexibility index (Phi) is 9.60. The molecule has 0 saturated heterocycles. The average molecular weight is 207 g/mol. The molecular weight excluding hydrogens is 189 g/mol. The van der Waals surface area contributed by atoms with Gasteiger partial charge in [0.2, 0.25) is 0 Å². The largest absolute Gasteiger partial charge is 0.342 e. The average Bonchev–Trinajstić information content (AvgIpc) is 2.05. The summed E-state index contributed by atoms with van der Waals surface area (Å²) in [5.41, 5.74) is -1.13. The third-order valence-corrected chi connectivity index (χ3v) is 2.73. The molecule has 0 amide bonds. The van der Waals surface area contributed by atoms with Gasteiger partial charge in [-0.2, -0.15) is 5.26 Å². The monoisotopic (exact) mass is 207 g/mol. The Labute approximate surface area is 79.7 Å². The van der Waals surface area contributed by atoms with Gasteiger partial charge < -0.3 is 9.79 Å². The zero-order valence-corrected chi connectivity index (χ0v) is 9.29. The Morgan fingerprint density at radius 3 is 1.69 bits per heavy atom. The molecule has 0 heterocycles. The van der Waals surface area contributed by atoms with Gasteiger partial charge in [-0.1, -0.05) is 33.6 Å². The normalized spacial score (nSPS) is 12.3. The number of nitriles is 1. The first-order valence-corrected chi connectivity index (χ1v) is 6.06. The molecule has 0 aliphatic rings. The molecule has 0 fully saturated rings. The van der Waals surface area contributed by atoms with E-state index in [0.717, 1.165) is 0 Å². The molecule has 1 atom stereocenters. The summed E-state index contributed by atoms with van der Waals surface area (Å²) < 4.78 is 10.3. The van der Waals surface area contributed by atoms with Crippen LogP contribution in [-0.4, -0.2) is 15.4 Å². The minimum atomic E-state index is -4.14. The van der Waals surface area contributed by atoms with E-state index in [4.69, 9.17) is 15.0 Å². The van der Waals surface area contributed by atoms with Crippen molar-refractivity contribution in [1.29, 1.82) is 5.26 Å². The molecule has 0 aliphatic heterocycles. The van der Waals surface area contributed by atoms with Crippen molar-refractivity contribution in [3.63, 3.8) is 0 Å². The molecule has 0 rings (SSSR count). The molecule has 0 bridgehead atoms. The first kappa shape index (κ1) is 15.1. The molecule has 0 spiro atoms. The van der Waals surface area contributed by atoms with Crippen molar-refractivity contribution in [2.75, 3.05) is 0 Å². The molecule has 13 heavy (non-hydrogen) atoms. The number of unbranched alkanes of at least 4 members (excludes halogenated alkanes) is 1. The van der Waals surface area contributed by atoms with Crippen molar-refractivity contribution >= 4 is 7.60 Å². The van der Waals surface area contributed by atoms with Gasteiger partial charge in [-0.15, -0.1) is 0 Å². The fraction of sp³-hybridized carbons (Fsp3) is 0.875. The quantitative estimate of drug-likeness (QED) is 0.695. The Morgan fingerprint density at radius 1 is 1.31 bits per heavy atom. The minimum Gasteiger partial charge on any atom is -0.324 e. The first-order chi connectivity index (χ1) is 5.93. The zero-order chi connectivity index (χ0) is 10.9. The van der Waals surface area contributed by atoms with Crippen LogP contribution in [0.4, 0.5) is 0 Å². The van der Waals surface area contributed by atoms with Crippen molar-refractivity contribution in [3.05, 3.63) is 0 Å². The summed E-state index contributed by atoms with van der Waals surface area (Å²) in [6, 6.07) is 1.53. The van der Waals surface area contributed by atoms with Crippen LogP contribution in [0, 0.1) is 11.3 Å². The summed E-state index contributed by atoms with van der Waals surface area (Å²) in [5.74, 6) is 0. The molecule has 0 aliphatic carbocycles. The predicted octanol–water partition coefficient (Wildman–Crippen LogP) is 2.27. The van der Waals surface area contributed by atoms with Crippen LogP contribution in [0.2, 0.25) is 0 Å². The van der Waals surface area contributed by atoms with Crippen LogP contribution in [0.5, 0.6) is 0 Å². The van der Waals surface area contributed by atoms with Gasteiger partial charge in [0.25, 0.3) is 0 Å². The summed E-state index contributed by atoms with van der Waals surface area (Å²) in [5, 5.41) is 8.12. The Bertz CT molecular complexity index is 192. The van der Waals surface area contributed by atoms with Crippen molar-refractivity contribution < 1.29 is 14.4 Å². The molecule has 0 radical (unpaired) electrons. The third-order valence-electron chi connectivity index (χ3n) is 1.44. The highest BCUT2D eigenvalue weighted by molar-refractivity contribution is 7.52. The number of hydrogen-bond donors (Lipinski definition) is 2. The molecule has 0 aromatic rings. The standard InChI is InChI=1S/C4H8NO3P.C4H10/c1-2-4(3-5)9(6,7)8;1-3-4-2/h4H,2H2,1H3,(H2,6,7,8);3-4H2,1-2H3. The number of nitrogens with zero attached hydrogens (tertiary/aromatic N) is 1. The molecule has 5 heteroatoms. The topological polar surface area (TPSA) is 81.3 Å². The second-order valence-corrected chi connectivity index (χ2v) is 4.44. The van der Waals surface area contributed by atoms with Crippen LogP contribution in [0.1, 0.15) is 40.0 Å².